The molecule has 146 valence electrons. The van der Waals surface area contributed by atoms with E-state index in [4.69, 9.17) is 16.4 Å². The molecule has 8 nitrogen and oxygen atoms in total. The molecule has 0 aliphatic carbocycles. The van der Waals surface area contributed by atoms with Crippen LogP contribution in [0.4, 0.5) is 10.5 Å². The Labute approximate surface area is 167 Å². The molecule has 5 N–H and O–H groups in total. The van der Waals surface area contributed by atoms with Crippen LogP contribution in [-0.4, -0.2) is 22.1 Å². The van der Waals surface area contributed by atoms with Gasteiger partial charge in [-0.15, -0.1) is 16.9 Å². The number of anilines is 1. The summed E-state index contributed by atoms with van der Waals surface area (Å²) in [6.45, 7) is 2.12. The number of nitrogens with one attached hydrogen (secondary N) is 1. The molecule has 1 heterocycles. The summed E-state index contributed by atoms with van der Waals surface area (Å²) < 4.78 is 7.64. The van der Waals surface area contributed by atoms with Crippen LogP contribution in [0.3, 0.4) is 0 Å². The Morgan fingerprint density at radius 1 is 1.25 bits per heavy atom. The molecule has 0 aliphatic heterocycles. The minimum absolute atomic E-state index is 0.203. The lowest BCUT2D eigenvalue weighted by Crippen LogP contribution is -2.48. The van der Waals surface area contributed by atoms with E-state index >= 15 is 0 Å². The number of aromatic nitrogens is 2. The van der Waals surface area contributed by atoms with Crippen LogP contribution < -0.4 is 26.9 Å². The molecular weight excluding hydrogens is 376 g/mol. The van der Waals surface area contributed by atoms with Crippen molar-refractivity contribution in [3.63, 3.8) is 0 Å². The Bertz CT molecular complexity index is 975. The Kier molecular flexibility index (Phi) is 6.19. The highest BCUT2D eigenvalue weighted by molar-refractivity contribution is 7.98. The SMILES string of the molecule is CSc1ccccc1-n1ccc(OCc2c(C)cccc2N(N)C(=O)NN)n1. The normalized spacial score (nSPS) is 10.6. The largest absolute Gasteiger partial charge is 0.472 e. The summed E-state index contributed by atoms with van der Waals surface area (Å²) in [6.07, 6.45) is 3.87. The fourth-order valence-corrected chi connectivity index (χ4v) is 3.35. The third-order valence-corrected chi connectivity index (χ3v) is 5.03. The third kappa shape index (κ3) is 4.11. The van der Waals surface area contributed by atoms with Crippen molar-refractivity contribution in [2.24, 2.45) is 11.7 Å². The zero-order valence-electron chi connectivity index (χ0n) is 15.6. The predicted octanol–water partition coefficient (Wildman–Crippen LogP) is 2.75. The summed E-state index contributed by atoms with van der Waals surface area (Å²) in [5, 5.41) is 5.45. The summed E-state index contributed by atoms with van der Waals surface area (Å²) in [4.78, 5) is 12.9. The van der Waals surface area contributed by atoms with Gasteiger partial charge in [0.2, 0.25) is 5.88 Å². The van der Waals surface area contributed by atoms with E-state index in [0.29, 0.717) is 11.6 Å². The zero-order valence-corrected chi connectivity index (χ0v) is 16.4. The molecule has 1 aromatic heterocycles. The summed E-state index contributed by atoms with van der Waals surface area (Å²) in [5.41, 5.74) is 5.22. The van der Waals surface area contributed by atoms with Gasteiger partial charge in [-0.3, -0.25) is 5.43 Å². The van der Waals surface area contributed by atoms with Gasteiger partial charge >= 0.3 is 6.03 Å². The van der Waals surface area contributed by atoms with Crippen molar-refractivity contribution in [2.75, 3.05) is 11.3 Å². The van der Waals surface area contributed by atoms with E-state index < -0.39 is 6.03 Å². The first kappa shape index (κ1) is 19.7. The lowest BCUT2D eigenvalue weighted by atomic mass is 10.1. The number of rotatable bonds is 6. The highest BCUT2D eigenvalue weighted by Crippen LogP contribution is 2.26. The van der Waals surface area contributed by atoms with Crippen LogP contribution in [0.5, 0.6) is 5.88 Å². The van der Waals surface area contributed by atoms with Crippen LogP contribution >= 0.6 is 11.8 Å². The Morgan fingerprint density at radius 2 is 2.04 bits per heavy atom. The Hall–Kier alpha value is -3.01. The standard InChI is InChI=1S/C19H22N6O2S/c1-13-6-5-8-15(25(21)19(26)22-20)14(13)12-27-18-10-11-24(23-18)16-7-3-4-9-17(16)28-2/h3-11H,12,20-21H2,1-2H3,(H,22,26). The van der Waals surface area contributed by atoms with E-state index in [0.717, 1.165) is 26.7 Å². The summed E-state index contributed by atoms with van der Waals surface area (Å²) in [6, 6.07) is 14.6. The number of ether oxygens (including phenoxy) is 1. The van der Waals surface area contributed by atoms with Gasteiger partial charge in [0.05, 0.1) is 11.4 Å². The number of nitrogens with two attached hydrogens (primary N) is 2. The van der Waals surface area contributed by atoms with E-state index in [1.54, 1.807) is 28.6 Å². The molecule has 0 radical (unpaired) electrons. The molecule has 0 unspecified atom stereocenters. The van der Waals surface area contributed by atoms with Crippen LogP contribution in [-0.2, 0) is 6.61 Å². The summed E-state index contributed by atoms with van der Waals surface area (Å²) >= 11 is 1.65. The third-order valence-electron chi connectivity index (χ3n) is 4.25. The molecule has 0 bridgehead atoms. The lowest BCUT2D eigenvalue weighted by Gasteiger charge is -2.20. The number of para-hydroxylation sites is 1. The topological polar surface area (TPSA) is 111 Å². The van der Waals surface area contributed by atoms with E-state index in [2.05, 4.69) is 5.10 Å². The van der Waals surface area contributed by atoms with Gasteiger partial charge in [0.1, 0.15) is 6.61 Å². The van der Waals surface area contributed by atoms with Gasteiger partial charge in [0.15, 0.2) is 0 Å². The number of amides is 2. The van der Waals surface area contributed by atoms with E-state index in [1.807, 2.05) is 61.2 Å². The first-order valence-corrected chi connectivity index (χ1v) is 9.73. The van der Waals surface area contributed by atoms with Crippen LogP contribution in [0.1, 0.15) is 11.1 Å². The molecule has 3 aromatic rings. The lowest BCUT2D eigenvalue weighted by molar-refractivity contribution is 0.246. The first-order chi connectivity index (χ1) is 13.5. The van der Waals surface area contributed by atoms with E-state index in [-0.39, 0.29) is 6.61 Å². The predicted molar refractivity (Wildman–Crippen MR) is 110 cm³/mol. The first-order valence-electron chi connectivity index (χ1n) is 8.51. The maximum Gasteiger partial charge on any atom is 0.350 e. The van der Waals surface area contributed by atoms with Gasteiger partial charge in [-0.1, -0.05) is 24.3 Å². The average molecular weight is 398 g/mol. The van der Waals surface area contributed by atoms with Crippen LogP contribution in [0.15, 0.2) is 59.6 Å². The molecule has 0 aliphatic rings. The molecule has 0 fully saturated rings. The molecule has 9 heteroatoms. The number of carbonyl (C=O) groups excluding carboxylic acids is 1. The van der Waals surface area contributed by atoms with Gasteiger partial charge in [0.25, 0.3) is 0 Å². The maximum atomic E-state index is 11.8. The molecular formula is C19H22N6O2S. The number of aryl methyl sites for hydroxylation is 1. The molecule has 0 saturated carbocycles. The van der Waals surface area contributed by atoms with Crippen LogP contribution in [0, 0.1) is 6.92 Å². The number of nitrogens with zero attached hydrogens (tertiary/aromatic N) is 3. The van der Waals surface area contributed by atoms with Crippen molar-refractivity contribution >= 4 is 23.5 Å². The Balaban J connectivity index is 1.81. The molecule has 0 saturated heterocycles. The number of thioether (sulfide) groups is 1. The van der Waals surface area contributed by atoms with Gasteiger partial charge in [0, 0.05) is 22.7 Å². The number of urea groups is 1. The summed E-state index contributed by atoms with van der Waals surface area (Å²) in [5.74, 6) is 11.5. The van der Waals surface area contributed by atoms with Crippen molar-refractivity contribution in [1.29, 1.82) is 0 Å². The van der Waals surface area contributed by atoms with Gasteiger partial charge in [-0.25, -0.2) is 26.2 Å². The van der Waals surface area contributed by atoms with Crippen LogP contribution in [0.2, 0.25) is 0 Å². The highest BCUT2D eigenvalue weighted by atomic mass is 32.2. The van der Waals surface area contributed by atoms with Crippen molar-refractivity contribution in [3.8, 4) is 11.6 Å². The molecule has 28 heavy (non-hydrogen) atoms. The number of hydrazine groups is 2. The fourth-order valence-electron chi connectivity index (χ4n) is 2.76. The zero-order chi connectivity index (χ0) is 20.1. The van der Waals surface area contributed by atoms with Crippen LogP contribution in [0.25, 0.3) is 5.69 Å². The Morgan fingerprint density at radius 3 is 2.79 bits per heavy atom. The minimum Gasteiger partial charge on any atom is -0.472 e. The average Bonchev–Trinajstić information content (AvgIpc) is 3.20. The van der Waals surface area contributed by atoms with Gasteiger partial charge in [-0.05, 0) is 36.9 Å². The number of benzene rings is 2. The van der Waals surface area contributed by atoms with E-state index in [9.17, 15) is 4.79 Å². The fraction of sp³-hybridized carbons (Fsp3) is 0.158. The molecule has 3 rings (SSSR count). The second-order valence-electron chi connectivity index (χ2n) is 5.95. The molecule has 2 amide bonds. The second-order valence-corrected chi connectivity index (χ2v) is 6.80. The number of hydrogen-bond acceptors (Lipinski definition) is 6. The minimum atomic E-state index is -0.621. The number of hydrogen-bond donors (Lipinski definition) is 3. The summed E-state index contributed by atoms with van der Waals surface area (Å²) in [7, 11) is 0. The second kappa shape index (κ2) is 8.79. The van der Waals surface area contributed by atoms with Gasteiger partial charge in [-0.2, -0.15) is 0 Å². The van der Waals surface area contributed by atoms with Gasteiger partial charge < -0.3 is 4.74 Å². The molecule has 2 aromatic carbocycles. The quantitative estimate of drug-likeness (QED) is 0.255. The molecule has 0 atom stereocenters. The molecule has 0 spiro atoms. The smallest absolute Gasteiger partial charge is 0.350 e. The number of carbonyl (C=O) groups is 1. The highest BCUT2D eigenvalue weighted by Gasteiger charge is 2.17. The van der Waals surface area contributed by atoms with Crippen molar-refractivity contribution in [3.05, 3.63) is 65.9 Å². The van der Waals surface area contributed by atoms with Crippen molar-refractivity contribution < 1.29 is 9.53 Å². The maximum absolute atomic E-state index is 11.8. The monoisotopic (exact) mass is 398 g/mol. The van der Waals surface area contributed by atoms with E-state index in [1.165, 1.54) is 0 Å². The van der Waals surface area contributed by atoms with Crippen molar-refractivity contribution in [1.82, 2.24) is 15.2 Å². The van der Waals surface area contributed by atoms with Crippen molar-refractivity contribution in [2.45, 2.75) is 18.4 Å².